The van der Waals surface area contributed by atoms with Gasteiger partial charge in [-0.1, -0.05) is 0 Å². The Morgan fingerprint density at radius 2 is 2.22 bits per heavy atom. The van der Waals surface area contributed by atoms with Gasteiger partial charge in [0.05, 0.1) is 11.2 Å². The molecule has 1 amide bonds. The monoisotopic (exact) mass is 374 g/mol. The van der Waals surface area contributed by atoms with Crippen molar-refractivity contribution >= 4 is 28.3 Å². The molecule has 1 aliphatic carbocycles. The van der Waals surface area contributed by atoms with Crippen molar-refractivity contribution in [3.63, 3.8) is 0 Å². The SMILES string of the molecule is CC(=O)Nc1cc2c(cn1)c(C1CC1)cn2C1=CNC(OC(F)F)C(C)=C1. The van der Waals surface area contributed by atoms with Gasteiger partial charge in [0.2, 0.25) is 5.91 Å². The Morgan fingerprint density at radius 1 is 1.44 bits per heavy atom. The van der Waals surface area contributed by atoms with Crippen LogP contribution in [0.3, 0.4) is 0 Å². The topological polar surface area (TPSA) is 68.2 Å². The molecule has 1 saturated carbocycles. The molecular formula is C19H20F2N4O2. The Bertz CT molecular complexity index is 960. The molecule has 4 rings (SSSR count). The summed E-state index contributed by atoms with van der Waals surface area (Å²) in [6.07, 6.45) is 8.75. The van der Waals surface area contributed by atoms with Crippen LogP contribution in [-0.2, 0) is 9.53 Å². The highest BCUT2D eigenvalue weighted by atomic mass is 19.3. The molecule has 142 valence electrons. The van der Waals surface area contributed by atoms with Gasteiger partial charge < -0.3 is 15.2 Å². The van der Waals surface area contributed by atoms with Gasteiger partial charge in [-0.3, -0.25) is 9.53 Å². The van der Waals surface area contributed by atoms with E-state index in [1.807, 2.05) is 16.7 Å². The Morgan fingerprint density at radius 3 is 2.85 bits per heavy atom. The van der Waals surface area contributed by atoms with Crippen molar-refractivity contribution in [1.29, 1.82) is 0 Å². The van der Waals surface area contributed by atoms with Gasteiger partial charge in [-0.25, -0.2) is 4.98 Å². The van der Waals surface area contributed by atoms with Crippen molar-refractivity contribution in [3.8, 4) is 0 Å². The van der Waals surface area contributed by atoms with Crippen LogP contribution in [-0.4, -0.2) is 28.3 Å². The molecule has 8 heteroatoms. The third-order valence-corrected chi connectivity index (χ3v) is 4.73. The minimum Gasteiger partial charge on any atom is -0.361 e. The van der Waals surface area contributed by atoms with Gasteiger partial charge in [-0.05, 0) is 42.9 Å². The lowest BCUT2D eigenvalue weighted by molar-refractivity contribution is -0.157. The summed E-state index contributed by atoms with van der Waals surface area (Å²) in [4.78, 5) is 15.7. The molecule has 0 radical (unpaired) electrons. The summed E-state index contributed by atoms with van der Waals surface area (Å²) in [6, 6.07) is 1.83. The Labute approximate surface area is 154 Å². The summed E-state index contributed by atoms with van der Waals surface area (Å²) in [6.45, 7) is 0.328. The molecule has 3 heterocycles. The van der Waals surface area contributed by atoms with E-state index in [2.05, 4.69) is 26.6 Å². The van der Waals surface area contributed by atoms with Crippen LogP contribution in [0.4, 0.5) is 14.6 Å². The fourth-order valence-corrected chi connectivity index (χ4v) is 3.36. The Balaban J connectivity index is 1.74. The van der Waals surface area contributed by atoms with Crippen LogP contribution in [0.2, 0.25) is 0 Å². The summed E-state index contributed by atoms with van der Waals surface area (Å²) < 4.78 is 31.6. The van der Waals surface area contributed by atoms with Crippen molar-refractivity contribution in [3.05, 3.63) is 41.9 Å². The maximum absolute atomic E-state index is 12.5. The van der Waals surface area contributed by atoms with Crippen LogP contribution in [0.1, 0.15) is 38.2 Å². The number of halogens is 2. The number of dihydropyridines is 1. The molecule has 2 aliphatic rings. The van der Waals surface area contributed by atoms with Crippen LogP contribution in [0.15, 0.2) is 36.3 Å². The number of nitrogens with one attached hydrogen (secondary N) is 2. The molecule has 1 atom stereocenters. The molecule has 1 aliphatic heterocycles. The maximum atomic E-state index is 12.5. The highest BCUT2D eigenvalue weighted by Crippen LogP contribution is 2.44. The lowest BCUT2D eigenvalue weighted by Gasteiger charge is -2.24. The lowest BCUT2D eigenvalue weighted by Crippen LogP contribution is -2.33. The van der Waals surface area contributed by atoms with Gasteiger partial charge in [-0.2, -0.15) is 8.78 Å². The van der Waals surface area contributed by atoms with E-state index in [0.29, 0.717) is 17.3 Å². The Hall–Kier alpha value is -2.74. The molecule has 0 spiro atoms. The molecule has 0 bridgehead atoms. The average molecular weight is 374 g/mol. The van der Waals surface area contributed by atoms with E-state index < -0.39 is 12.8 Å². The van der Waals surface area contributed by atoms with E-state index >= 15 is 0 Å². The molecule has 0 aromatic carbocycles. The molecule has 2 N–H and O–H groups in total. The average Bonchev–Trinajstić information content (AvgIpc) is 3.37. The van der Waals surface area contributed by atoms with Crippen molar-refractivity contribution in [1.82, 2.24) is 14.9 Å². The van der Waals surface area contributed by atoms with Gasteiger partial charge in [-0.15, -0.1) is 0 Å². The van der Waals surface area contributed by atoms with E-state index in [1.165, 1.54) is 12.5 Å². The van der Waals surface area contributed by atoms with Gasteiger partial charge in [0.1, 0.15) is 5.82 Å². The van der Waals surface area contributed by atoms with Crippen molar-refractivity contribution in [2.45, 2.75) is 45.4 Å². The number of ether oxygens (including phenoxy) is 1. The number of aromatic nitrogens is 2. The number of hydrogen-bond acceptors (Lipinski definition) is 4. The zero-order valence-corrected chi connectivity index (χ0v) is 15.0. The van der Waals surface area contributed by atoms with Crippen LogP contribution in [0.25, 0.3) is 16.6 Å². The van der Waals surface area contributed by atoms with Crippen LogP contribution >= 0.6 is 0 Å². The fraction of sp³-hybridized carbons (Fsp3) is 0.368. The fourth-order valence-electron chi connectivity index (χ4n) is 3.36. The second-order valence-corrected chi connectivity index (χ2v) is 6.90. The molecule has 1 unspecified atom stereocenters. The smallest absolute Gasteiger partial charge is 0.347 e. The van der Waals surface area contributed by atoms with Crippen LogP contribution in [0, 0.1) is 0 Å². The van der Waals surface area contributed by atoms with E-state index in [1.54, 1.807) is 19.3 Å². The molecule has 6 nitrogen and oxygen atoms in total. The summed E-state index contributed by atoms with van der Waals surface area (Å²) in [5.74, 6) is 0.795. The second-order valence-electron chi connectivity index (χ2n) is 6.90. The number of alkyl halides is 2. The third kappa shape index (κ3) is 3.57. The molecule has 1 fully saturated rings. The highest BCUT2D eigenvalue weighted by molar-refractivity contribution is 5.93. The third-order valence-electron chi connectivity index (χ3n) is 4.73. The highest BCUT2D eigenvalue weighted by Gasteiger charge is 2.28. The molecule has 2 aromatic rings. The first-order valence-electron chi connectivity index (χ1n) is 8.79. The lowest BCUT2D eigenvalue weighted by atomic mass is 10.1. The van der Waals surface area contributed by atoms with Crippen molar-refractivity contribution in [2.24, 2.45) is 0 Å². The predicted octanol–water partition coefficient (Wildman–Crippen LogP) is 3.79. The standard InChI is InChI=1S/C19H20F2N4O2/c1-10-5-13(7-23-18(10)27-19(20)21)25-9-15(12-3-4-12)14-8-22-17(6-16(14)25)24-11(2)26/h5-9,12,18-19,23H,3-4H2,1-2H3,(H,22,24,26). The predicted molar refractivity (Wildman–Crippen MR) is 98.1 cm³/mol. The number of rotatable bonds is 5. The summed E-state index contributed by atoms with van der Waals surface area (Å²) in [5.41, 5.74) is 3.57. The van der Waals surface area contributed by atoms with E-state index in [4.69, 9.17) is 0 Å². The quantitative estimate of drug-likeness (QED) is 0.836. The van der Waals surface area contributed by atoms with Crippen molar-refractivity contribution < 1.29 is 18.3 Å². The number of allylic oxidation sites excluding steroid dienone is 2. The first kappa shape index (κ1) is 17.7. The summed E-state index contributed by atoms with van der Waals surface area (Å²) >= 11 is 0. The number of amides is 1. The van der Waals surface area contributed by atoms with Gasteiger partial charge >= 0.3 is 6.61 Å². The van der Waals surface area contributed by atoms with E-state index in [0.717, 1.165) is 29.4 Å². The summed E-state index contributed by atoms with van der Waals surface area (Å²) in [5, 5.41) is 6.61. The maximum Gasteiger partial charge on any atom is 0.347 e. The zero-order chi connectivity index (χ0) is 19.1. The van der Waals surface area contributed by atoms with Crippen LogP contribution in [0.5, 0.6) is 0 Å². The Kier molecular flexibility index (Phi) is 4.43. The minimum absolute atomic E-state index is 0.191. The van der Waals surface area contributed by atoms with Gasteiger partial charge in [0.25, 0.3) is 0 Å². The normalized spacial score (nSPS) is 19.7. The van der Waals surface area contributed by atoms with Gasteiger partial charge in [0, 0.05) is 37.0 Å². The second kappa shape index (κ2) is 6.77. The largest absolute Gasteiger partial charge is 0.361 e. The number of carbonyl (C=O) groups is 1. The number of nitrogens with zero attached hydrogens (tertiary/aromatic N) is 2. The molecule has 0 saturated heterocycles. The molecule has 27 heavy (non-hydrogen) atoms. The number of carbonyl (C=O) groups excluding carboxylic acids is 1. The zero-order valence-electron chi connectivity index (χ0n) is 15.0. The van der Waals surface area contributed by atoms with E-state index in [9.17, 15) is 13.6 Å². The number of hydrogen-bond donors (Lipinski definition) is 2. The summed E-state index contributed by atoms with van der Waals surface area (Å²) in [7, 11) is 0. The number of anilines is 1. The van der Waals surface area contributed by atoms with Crippen molar-refractivity contribution in [2.75, 3.05) is 5.32 Å². The molecular weight excluding hydrogens is 354 g/mol. The van der Waals surface area contributed by atoms with Crippen LogP contribution < -0.4 is 10.6 Å². The number of fused-ring (bicyclic) bond motifs is 1. The van der Waals surface area contributed by atoms with Gasteiger partial charge in [0.15, 0.2) is 6.23 Å². The first-order valence-corrected chi connectivity index (χ1v) is 8.79. The van der Waals surface area contributed by atoms with E-state index in [-0.39, 0.29) is 5.91 Å². The first-order chi connectivity index (χ1) is 12.9. The number of pyridine rings is 1. The molecule has 2 aromatic heterocycles. The minimum atomic E-state index is -2.85.